The van der Waals surface area contributed by atoms with Crippen LogP contribution in [-0.4, -0.2) is 69.1 Å². The predicted molar refractivity (Wildman–Crippen MR) is 78.9 cm³/mol. The highest BCUT2D eigenvalue weighted by molar-refractivity contribution is 8.00. The Morgan fingerprint density at radius 3 is 2.67 bits per heavy atom. The van der Waals surface area contributed by atoms with Gasteiger partial charge in [-0.1, -0.05) is 13.8 Å². The average molecular weight is 315 g/mol. The molecule has 21 heavy (non-hydrogen) atoms. The minimum absolute atomic E-state index is 0.150. The molecule has 0 bridgehead atoms. The number of carbonyl (C=O) groups excluding carboxylic acids is 2. The molecule has 2 fully saturated rings. The van der Waals surface area contributed by atoms with Gasteiger partial charge in [0.25, 0.3) is 0 Å². The van der Waals surface area contributed by atoms with Crippen molar-refractivity contribution in [3.63, 3.8) is 0 Å². The van der Waals surface area contributed by atoms with Crippen molar-refractivity contribution >= 4 is 29.7 Å². The zero-order valence-corrected chi connectivity index (χ0v) is 13.2. The lowest BCUT2D eigenvalue weighted by atomic mass is 10.1. The Balaban J connectivity index is 2.24. The molecular weight excluding hydrogens is 294 g/mol. The SMILES string of the molecule is CC(C)C1SCC(C(=O)O)N1C(=O)N1CCNC(=O)C1C. The first-order chi connectivity index (χ1) is 9.84. The number of urea groups is 1. The summed E-state index contributed by atoms with van der Waals surface area (Å²) in [6.45, 7) is 6.41. The monoisotopic (exact) mass is 315 g/mol. The van der Waals surface area contributed by atoms with Crippen LogP contribution in [0.25, 0.3) is 0 Å². The molecule has 2 saturated heterocycles. The van der Waals surface area contributed by atoms with E-state index in [0.29, 0.717) is 18.8 Å². The molecule has 0 aromatic carbocycles. The van der Waals surface area contributed by atoms with E-state index in [1.807, 2.05) is 13.8 Å². The number of hydrogen-bond donors (Lipinski definition) is 2. The van der Waals surface area contributed by atoms with Gasteiger partial charge in [0.1, 0.15) is 12.1 Å². The van der Waals surface area contributed by atoms with Gasteiger partial charge in [-0.3, -0.25) is 9.69 Å². The Hall–Kier alpha value is -1.44. The third kappa shape index (κ3) is 2.95. The van der Waals surface area contributed by atoms with Gasteiger partial charge in [-0.2, -0.15) is 0 Å². The molecule has 0 spiro atoms. The number of hydrogen-bond acceptors (Lipinski definition) is 4. The fourth-order valence-corrected chi connectivity index (χ4v) is 4.13. The quantitative estimate of drug-likeness (QED) is 0.770. The van der Waals surface area contributed by atoms with Gasteiger partial charge in [-0.25, -0.2) is 9.59 Å². The largest absolute Gasteiger partial charge is 0.480 e. The maximum absolute atomic E-state index is 12.8. The lowest BCUT2D eigenvalue weighted by molar-refractivity contribution is -0.141. The molecule has 3 unspecified atom stereocenters. The van der Waals surface area contributed by atoms with E-state index in [2.05, 4.69) is 5.32 Å². The highest BCUT2D eigenvalue weighted by Crippen LogP contribution is 2.35. The van der Waals surface area contributed by atoms with Crippen LogP contribution < -0.4 is 5.32 Å². The zero-order chi connectivity index (χ0) is 15.7. The molecule has 7 nitrogen and oxygen atoms in total. The summed E-state index contributed by atoms with van der Waals surface area (Å²) in [7, 11) is 0. The summed E-state index contributed by atoms with van der Waals surface area (Å²) in [5.41, 5.74) is 0. The Morgan fingerprint density at radius 1 is 1.43 bits per heavy atom. The molecular formula is C13H21N3O4S. The molecule has 3 atom stereocenters. The summed E-state index contributed by atoms with van der Waals surface area (Å²) < 4.78 is 0. The lowest BCUT2D eigenvalue weighted by Gasteiger charge is -2.39. The van der Waals surface area contributed by atoms with Crippen molar-refractivity contribution in [1.29, 1.82) is 0 Å². The highest BCUT2D eigenvalue weighted by Gasteiger charge is 2.46. The van der Waals surface area contributed by atoms with Crippen LogP contribution in [0.2, 0.25) is 0 Å². The maximum atomic E-state index is 12.8. The van der Waals surface area contributed by atoms with Crippen LogP contribution in [0.3, 0.4) is 0 Å². The van der Waals surface area contributed by atoms with Gasteiger partial charge in [0.15, 0.2) is 0 Å². The molecule has 2 heterocycles. The van der Waals surface area contributed by atoms with Crippen LogP contribution in [0, 0.1) is 5.92 Å². The zero-order valence-electron chi connectivity index (χ0n) is 12.4. The van der Waals surface area contributed by atoms with Gasteiger partial charge in [0.2, 0.25) is 5.91 Å². The molecule has 2 aliphatic heterocycles. The number of nitrogens with one attached hydrogen (secondary N) is 1. The molecule has 118 valence electrons. The van der Waals surface area contributed by atoms with Crippen molar-refractivity contribution < 1.29 is 19.5 Å². The predicted octanol–water partition coefficient (Wildman–Crippen LogP) is 0.411. The van der Waals surface area contributed by atoms with Crippen LogP contribution in [0.15, 0.2) is 0 Å². The summed E-state index contributed by atoms with van der Waals surface area (Å²) in [6.07, 6.45) is 0. The second-order valence-corrected chi connectivity index (χ2v) is 6.82. The molecule has 2 rings (SSSR count). The maximum Gasteiger partial charge on any atom is 0.327 e. The van der Waals surface area contributed by atoms with E-state index in [4.69, 9.17) is 0 Å². The van der Waals surface area contributed by atoms with E-state index in [1.165, 1.54) is 21.6 Å². The summed E-state index contributed by atoms with van der Waals surface area (Å²) in [5.74, 6) is -0.655. The van der Waals surface area contributed by atoms with Crippen molar-refractivity contribution in [3.8, 4) is 0 Å². The van der Waals surface area contributed by atoms with Crippen molar-refractivity contribution in [2.24, 2.45) is 5.92 Å². The van der Waals surface area contributed by atoms with Crippen LogP contribution in [0.1, 0.15) is 20.8 Å². The van der Waals surface area contributed by atoms with Gasteiger partial charge in [-0.05, 0) is 12.8 Å². The molecule has 0 aromatic rings. The molecule has 2 N–H and O–H groups in total. The number of carbonyl (C=O) groups is 3. The van der Waals surface area contributed by atoms with E-state index in [0.717, 1.165) is 0 Å². The van der Waals surface area contributed by atoms with E-state index in [9.17, 15) is 19.5 Å². The Morgan fingerprint density at radius 2 is 2.10 bits per heavy atom. The number of rotatable bonds is 2. The lowest BCUT2D eigenvalue weighted by Crippen LogP contribution is -2.61. The van der Waals surface area contributed by atoms with Crippen LogP contribution in [-0.2, 0) is 9.59 Å². The first-order valence-electron chi connectivity index (χ1n) is 7.05. The first-order valence-corrected chi connectivity index (χ1v) is 8.10. The number of nitrogens with zero attached hydrogens (tertiary/aromatic N) is 2. The van der Waals surface area contributed by atoms with Crippen LogP contribution in [0.4, 0.5) is 4.79 Å². The van der Waals surface area contributed by atoms with Crippen molar-refractivity contribution in [3.05, 3.63) is 0 Å². The van der Waals surface area contributed by atoms with Crippen LogP contribution >= 0.6 is 11.8 Å². The molecule has 0 saturated carbocycles. The molecule has 8 heteroatoms. The molecule has 0 aromatic heterocycles. The second kappa shape index (κ2) is 6.13. The van der Waals surface area contributed by atoms with Crippen molar-refractivity contribution in [1.82, 2.24) is 15.1 Å². The molecule has 0 aliphatic carbocycles. The number of carboxylic acids is 1. The third-order valence-electron chi connectivity index (χ3n) is 3.86. The Labute approximate surface area is 128 Å². The summed E-state index contributed by atoms with van der Waals surface area (Å²) in [5, 5.41) is 11.9. The minimum Gasteiger partial charge on any atom is -0.480 e. The normalized spacial score (nSPS) is 29.7. The van der Waals surface area contributed by atoms with Gasteiger partial charge in [0, 0.05) is 18.8 Å². The minimum atomic E-state index is -0.992. The number of carboxylic acid groups (broad SMARTS) is 1. The number of thioether (sulfide) groups is 1. The Bertz CT molecular complexity index is 457. The third-order valence-corrected chi connectivity index (χ3v) is 5.48. The van der Waals surface area contributed by atoms with Crippen molar-refractivity contribution in [2.75, 3.05) is 18.8 Å². The smallest absolute Gasteiger partial charge is 0.327 e. The average Bonchev–Trinajstić information content (AvgIpc) is 2.86. The fourth-order valence-electron chi connectivity index (χ4n) is 2.67. The van der Waals surface area contributed by atoms with Gasteiger partial charge in [0.05, 0.1) is 5.37 Å². The molecule has 0 radical (unpaired) electrons. The van der Waals surface area contributed by atoms with E-state index < -0.39 is 18.1 Å². The molecule has 3 amide bonds. The van der Waals surface area contributed by atoms with E-state index in [-0.39, 0.29) is 23.2 Å². The topological polar surface area (TPSA) is 89.9 Å². The number of aliphatic carboxylic acids is 1. The summed E-state index contributed by atoms with van der Waals surface area (Å²) >= 11 is 1.49. The van der Waals surface area contributed by atoms with E-state index >= 15 is 0 Å². The number of piperazine rings is 1. The first kappa shape index (κ1) is 15.9. The van der Waals surface area contributed by atoms with E-state index in [1.54, 1.807) is 6.92 Å². The fraction of sp³-hybridized carbons (Fsp3) is 0.769. The van der Waals surface area contributed by atoms with Crippen molar-refractivity contribution in [2.45, 2.75) is 38.2 Å². The van der Waals surface area contributed by atoms with Gasteiger partial charge >= 0.3 is 12.0 Å². The number of amides is 3. The van der Waals surface area contributed by atoms with Gasteiger partial charge in [-0.15, -0.1) is 11.8 Å². The second-order valence-electron chi connectivity index (χ2n) is 5.67. The summed E-state index contributed by atoms with van der Waals surface area (Å²) in [4.78, 5) is 38.8. The standard InChI is InChI=1S/C13H21N3O4S/c1-7(2)11-16(9(6-21-11)12(18)19)13(20)15-5-4-14-10(17)8(15)3/h7-9,11H,4-6H2,1-3H3,(H,14,17)(H,18,19). The van der Waals surface area contributed by atoms with Crippen LogP contribution in [0.5, 0.6) is 0 Å². The molecule has 2 aliphatic rings. The highest BCUT2D eigenvalue weighted by atomic mass is 32.2. The summed E-state index contributed by atoms with van der Waals surface area (Å²) in [6, 6.07) is -1.75. The Kier molecular flexibility index (Phi) is 4.65. The van der Waals surface area contributed by atoms with Gasteiger partial charge < -0.3 is 15.3 Å².